The monoisotopic (exact) mass is 282 g/mol. The van der Waals surface area contributed by atoms with E-state index in [1.165, 1.54) is 13.5 Å². The fourth-order valence-electron chi connectivity index (χ4n) is 4.52. The molecular formula is C16H30N2O2. The second-order valence-electron chi connectivity index (χ2n) is 7.47. The van der Waals surface area contributed by atoms with Gasteiger partial charge in [0.25, 0.3) is 0 Å². The number of ether oxygens (including phenoxy) is 1. The highest BCUT2D eigenvalue weighted by molar-refractivity contribution is 5.81. The first kappa shape index (κ1) is 15.8. The third kappa shape index (κ3) is 3.17. The minimum atomic E-state index is -0.415. The maximum absolute atomic E-state index is 12.6. The molecule has 0 aromatic heterocycles. The summed E-state index contributed by atoms with van der Waals surface area (Å²) in [7, 11) is 1.53. The van der Waals surface area contributed by atoms with Gasteiger partial charge in [-0.05, 0) is 43.6 Å². The van der Waals surface area contributed by atoms with E-state index in [0.717, 1.165) is 45.4 Å². The summed E-state index contributed by atoms with van der Waals surface area (Å²) < 4.78 is 5.23. The predicted molar refractivity (Wildman–Crippen MR) is 80.6 cm³/mol. The molecular weight excluding hydrogens is 252 g/mol. The molecule has 4 nitrogen and oxygen atoms in total. The molecule has 0 aromatic rings. The van der Waals surface area contributed by atoms with Crippen LogP contribution in [0.1, 0.15) is 46.5 Å². The summed E-state index contributed by atoms with van der Waals surface area (Å²) in [4.78, 5) is 15.0. The molecule has 0 amide bonds. The van der Waals surface area contributed by atoms with Crippen LogP contribution in [0.25, 0.3) is 0 Å². The molecule has 1 saturated heterocycles. The van der Waals surface area contributed by atoms with Crippen LogP contribution in [-0.2, 0) is 9.53 Å². The first-order chi connectivity index (χ1) is 9.39. The lowest BCUT2D eigenvalue weighted by atomic mass is 9.63. The fraction of sp³-hybridized carbons (Fsp3) is 0.938. The molecule has 20 heavy (non-hydrogen) atoms. The van der Waals surface area contributed by atoms with Gasteiger partial charge in [0, 0.05) is 19.6 Å². The van der Waals surface area contributed by atoms with E-state index in [-0.39, 0.29) is 11.4 Å². The van der Waals surface area contributed by atoms with E-state index in [1.54, 1.807) is 0 Å². The van der Waals surface area contributed by atoms with Crippen LogP contribution in [0.2, 0.25) is 0 Å². The third-order valence-electron chi connectivity index (χ3n) is 4.87. The zero-order valence-electron chi connectivity index (χ0n) is 13.5. The molecule has 1 aliphatic heterocycles. The van der Waals surface area contributed by atoms with Crippen LogP contribution in [0.15, 0.2) is 0 Å². The quantitative estimate of drug-likeness (QED) is 0.787. The first-order valence-electron chi connectivity index (χ1n) is 7.94. The van der Waals surface area contributed by atoms with Crippen LogP contribution in [0.5, 0.6) is 0 Å². The lowest BCUT2D eigenvalue weighted by molar-refractivity contribution is -0.163. The molecule has 2 rings (SSSR count). The summed E-state index contributed by atoms with van der Waals surface area (Å²) in [6.45, 7) is 10.8. The second-order valence-corrected chi connectivity index (χ2v) is 7.47. The normalized spacial score (nSPS) is 35.3. The standard InChI is InChI=1S/C16H30N2O2/c1-13-10-15(2,3)12-16(11-13,14(19)20-4)18-8-5-6-17-7-9-18/h13,17H,5-12H2,1-4H3. The van der Waals surface area contributed by atoms with Gasteiger partial charge in [0.15, 0.2) is 0 Å². The lowest BCUT2D eigenvalue weighted by Gasteiger charge is -2.51. The summed E-state index contributed by atoms with van der Waals surface area (Å²) in [5.41, 5.74) is -0.215. The summed E-state index contributed by atoms with van der Waals surface area (Å²) in [5.74, 6) is 0.535. The number of methoxy groups -OCH3 is 1. The summed E-state index contributed by atoms with van der Waals surface area (Å²) in [6, 6.07) is 0. The highest BCUT2D eigenvalue weighted by Crippen LogP contribution is 2.47. The van der Waals surface area contributed by atoms with E-state index in [1.807, 2.05) is 0 Å². The maximum Gasteiger partial charge on any atom is 0.326 e. The largest absolute Gasteiger partial charge is 0.468 e. The molecule has 0 radical (unpaired) electrons. The number of carbonyl (C=O) groups excluding carboxylic acids is 1. The van der Waals surface area contributed by atoms with Crippen LogP contribution >= 0.6 is 0 Å². The number of nitrogens with zero attached hydrogens (tertiary/aromatic N) is 1. The average Bonchev–Trinajstić information content (AvgIpc) is 2.64. The molecule has 1 saturated carbocycles. The average molecular weight is 282 g/mol. The van der Waals surface area contributed by atoms with Crippen LogP contribution < -0.4 is 5.32 Å². The topological polar surface area (TPSA) is 41.6 Å². The zero-order valence-corrected chi connectivity index (χ0v) is 13.5. The first-order valence-corrected chi connectivity index (χ1v) is 7.94. The Kier molecular flexibility index (Phi) is 4.75. The Morgan fingerprint density at radius 3 is 2.65 bits per heavy atom. The predicted octanol–water partition coefficient (Wildman–Crippen LogP) is 2.04. The van der Waals surface area contributed by atoms with E-state index < -0.39 is 5.54 Å². The Morgan fingerprint density at radius 2 is 2.00 bits per heavy atom. The molecule has 0 aromatic carbocycles. The van der Waals surface area contributed by atoms with Crippen molar-refractivity contribution in [3.63, 3.8) is 0 Å². The maximum atomic E-state index is 12.6. The Labute approximate surface area is 123 Å². The van der Waals surface area contributed by atoms with E-state index >= 15 is 0 Å². The molecule has 2 atom stereocenters. The number of carbonyl (C=O) groups is 1. The van der Waals surface area contributed by atoms with Crippen molar-refractivity contribution in [2.45, 2.75) is 52.0 Å². The van der Waals surface area contributed by atoms with Crippen molar-refractivity contribution in [3.05, 3.63) is 0 Å². The van der Waals surface area contributed by atoms with Gasteiger partial charge in [-0.2, -0.15) is 0 Å². The molecule has 2 unspecified atom stereocenters. The van der Waals surface area contributed by atoms with Gasteiger partial charge in [0.2, 0.25) is 0 Å². The number of esters is 1. The van der Waals surface area contributed by atoms with Gasteiger partial charge in [-0.15, -0.1) is 0 Å². The Bertz CT molecular complexity index is 348. The fourth-order valence-corrected chi connectivity index (χ4v) is 4.52. The molecule has 4 heteroatoms. The van der Waals surface area contributed by atoms with Crippen LogP contribution in [0, 0.1) is 11.3 Å². The SMILES string of the molecule is COC(=O)C1(N2CCCNCC2)CC(C)CC(C)(C)C1. The van der Waals surface area contributed by atoms with Crippen molar-refractivity contribution < 1.29 is 9.53 Å². The molecule has 1 heterocycles. The molecule has 0 spiro atoms. The number of hydrogen-bond donors (Lipinski definition) is 1. The Morgan fingerprint density at radius 1 is 1.25 bits per heavy atom. The molecule has 2 aliphatic rings. The van der Waals surface area contributed by atoms with Crippen molar-refractivity contribution in [2.24, 2.45) is 11.3 Å². The molecule has 1 aliphatic carbocycles. The Hall–Kier alpha value is -0.610. The van der Waals surface area contributed by atoms with Crippen LogP contribution in [-0.4, -0.2) is 49.7 Å². The van der Waals surface area contributed by atoms with Gasteiger partial charge in [-0.3, -0.25) is 9.69 Å². The summed E-state index contributed by atoms with van der Waals surface area (Å²) in [5, 5.41) is 3.43. The number of rotatable bonds is 2. The smallest absolute Gasteiger partial charge is 0.326 e. The van der Waals surface area contributed by atoms with Crippen molar-refractivity contribution in [1.29, 1.82) is 0 Å². The highest BCUT2D eigenvalue weighted by atomic mass is 16.5. The number of nitrogens with one attached hydrogen (secondary N) is 1. The van der Waals surface area contributed by atoms with Gasteiger partial charge in [-0.1, -0.05) is 20.8 Å². The second kappa shape index (κ2) is 6.02. The van der Waals surface area contributed by atoms with E-state index in [0.29, 0.717) is 5.92 Å². The minimum absolute atomic E-state index is 0.0287. The summed E-state index contributed by atoms with van der Waals surface area (Å²) in [6.07, 6.45) is 4.14. The lowest BCUT2D eigenvalue weighted by Crippen LogP contribution is -2.61. The minimum Gasteiger partial charge on any atom is -0.468 e. The van der Waals surface area contributed by atoms with Crippen LogP contribution in [0.3, 0.4) is 0 Å². The van der Waals surface area contributed by atoms with E-state index in [9.17, 15) is 4.79 Å². The van der Waals surface area contributed by atoms with Gasteiger partial charge in [0.1, 0.15) is 5.54 Å². The third-order valence-corrected chi connectivity index (χ3v) is 4.87. The van der Waals surface area contributed by atoms with Crippen molar-refractivity contribution in [2.75, 3.05) is 33.3 Å². The van der Waals surface area contributed by atoms with Gasteiger partial charge < -0.3 is 10.1 Å². The van der Waals surface area contributed by atoms with E-state index in [2.05, 4.69) is 31.0 Å². The van der Waals surface area contributed by atoms with Gasteiger partial charge in [0.05, 0.1) is 7.11 Å². The molecule has 0 bridgehead atoms. The zero-order chi connectivity index (χ0) is 14.8. The number of hydrogen-bond acceptors (Lipinski definition) is 4. The van der Waals surface area contributed by atoms with Crippen molar-refractivity contribution >= 4 is 5.97 Å². The molecule has 2 fully saturated rings. The Balaban J connectivity index is 2.31. The van der Waals surface area contributed by atoms with Crippen LogP contribution in [0.4, 0.5) is 0 Å². The van der Waals surface area contributed by atoms with E-state index in [4.69, 9.17) is 4.74 Å². The van der Waals surface area contributed by atoms with Gasteiger partial charge >= 0.3 is 5.97 Å². The van der Waals surface area contributed by atoms with Gasteiger partial charge in [-0.25, -0.2) is 0 Å². The van der Waals surface area contributed by atoms with Crippen molar-refractivity contribution in [3.8, 4) is 0 Å². The molecule has 116 valence electrons. The summed E-state index contributed by atoms with van der Waals surface area (Å²) >= 11 is 0. The highest BCUT2D eigenvalue weighted by Gasteiger charge is 2.52. The molecule has 1 N–H and O–H groups in total. The van der Waals surface area contributed by atoms with Crippen molar-refractivity contribution in [1.82, 2.24) is 10.2 Å².